The maximum absolute atomic E-state index is 12.2. The fraction of sp³-hybridized carbons (Fsp3) is 0.100. The molecule has 1 saturated heterocycles. The van der Waals surface area contributed by atoms with Gasteiger partial charge in [-0.3, -0.25) is 9.59 Å². The zero-order chi connectivity index (χ0) is 16.8. The van der Waals surface area contributed by atoms with E-state index in [0.717, 1.165) is 11.1 Å². The van der Waals surface area contributed by atoms with Crippen LogP contribution < -0.4 is 10.6 Å². The molecule has 2 N–H and O–H groups in total. The highest BCUT2D eigenvalue weighted by molar-refractivity contribution is 5.99. The Morgan fingerprint density at radius 3 is 1.38 bits per heavy atom. The summed E-state index contributed by atoms with van der Waals surface area (Å²) in [6, 6.07) is 18.0. The highest BCUT2D eigenvalue weighted by atomic mass is 16.2. The number of benzene rings is 2. The highest BCUT2D eigenvalue weighted by Crippen LogP contribution is 2.07. The second-order valence-electron chi connectivity index (χ2n) is 5.51. The SMILES string of the molecule is O=C1NC(C=Cc2ccccc2)C(=O)NC1C=Cc1ccccc1. The van der Waals surface area contributed by atoms with E-state index >= 15 is 0 Å². The molecule has 120 valence electrons. The Bertz CT molecular complexity index is 699. The minimum absolute atomic E-state index is 0.218. The van der Waals surface area contributed by atoms with Crippen molar-refractivity contribution in [2.75, 3.05) is 0 Å². The molecule has 0 saturated carbocycles. The Hall–Kier alpha value is -3.14. The van der Waals surface area contributed by atoms with Crippen molar-refractivity contribution in [2.45, 2.75) is 12.1 Å². The first-order valence-electron chi connectivity index (χ1n) is 7.79. The van der Waals surface area contributed by atoms with Gasteiger partial charge in [0.2, 0.25) is 11.8 Å². The number of piperazine rings is 1. The smallest absolute Gasteiger partial charge is 0.247 e. The van der Waals surface area contributed by atoms with E-state index in [9.17, 15) is 9.59 Å². The van der Waals surface area contributed by atoms with Crippen molar-refractivity contribution >= 4 is 24.0 Å². The molecule has 2 amide bonds. The first-order chi connectivity index (χ1) is 11.7. The topological polar surface area (TPSA) is 58.2 Å². The molecule has 2 unspecified atom stereocenters. The third-order valence-corrected chi connectivity index (χ3v) is 3.72. The summed E-state index contributed by atoms with van der Waals surface area (Å²) in [6.45, 7) is 0. The van der Waals surface area contributed by atoms with E-state index < -0.39 is 12.1 Å². The van der Waals surface area contributed by atoms with Crippen molar-refractivity contribution in [3.63, 3.8) is 0 Å². The number of rotatable bonds is 4. The summed E-state index contributed by atoms with van der Waals surface area (Å²) in [5.41, 5.74) is 1.95. The summed E-state index contributed by atoms with van der Waals surface area (Å²) < 4.78 is 0. The number of carbonyl (C=O) groups excluding carboxylic acids is 2. The molecule has 1 heterocycles. The number of carbonyl (C=O) groups is 2. The largest absolute Gasteiger partial charge is 0.339 e. The Labute approximate surface area is 140 Å². The van der Waals surface area contributed by atoms with Crippen LogP contribution in [0, 0.1) is 0 Å². The summed E-state index contributed by atoms with van der Waals surface area (Å²) >= 11 is 0. The summed E-state index contributed by atoms with van der Waals surface area (Å²) in [5.74, 6) is -0.436. The van der Waals surface area contributed by atoms with Crippen LogP contribution >= 0.6 is 0 Å². The van der Waals surface area contributed by atoms with Crippen molar-refractivity contribution in [1.29, 1.82) is 0 Å². The van der Waals surface area contributed by atoms with Gasteiger partial charge in [-0.05, 0) is 11.1 Å². The number of hydrogen-bond donors (Lipinski definition) is 2. The van der Waals surface area contributed by atoms with Gasteiger partial charge in [0.15, 0.2) is 0 Å². The van der Waals surface area contributed by atoms with Crippen LogP contribution in [-0.4, -0.2) is 23.9 Å². The van der Waals surface area contributed by atoms with Crippen molar-refractivity contribution in [1.82, 2.24) is 10.6 Å². The molecular weight excluding hydrogens is 300 g/mol. The maximum atomic E-state index is 12.2. The van der Waals surface area contributed by atoms with E-state index in [1.165, 1.54) is 0 Å². The summed E-state index contributed by atoms with van der Waals surface area (Å²) in [7, 11) is 0. The minimum Gasteiger partial charge on any atom is -0.339 e. The fourth-order valence-electron chi connectivity index (χ4n) is 2.43. The molecule has 1 aliphatic heterocycles. The molecule has 0 aromatic heterocycles. The molecule has 1 fully saturated rings. The lowest BCUT2D eigenvalue weighted by atomic mass is 10.1. The van der Waals surface area contributed by atoms with E-state index in [1.807, 2.05) is 72.8 Å². The zero-order valence-corrected chi connectivity index (χ0v) is 13.1. The molecule has 0 bridgehead atoms. The van der Waals surface area contributed by atoms with Gasteiger partial charge < -0.3 is 10.6 Å². The van der Waals surface area contributed by atoms with Gasteiger partial charge >= 0.3 is 0 Å². The molecule has 2 atom stereocenters. The lowest BCUT2D eigenvalue weighted by Gasteiger charge is -2.26. The van der Waals surface area contributed by atoms with Crippen molar-refractivity contribution in [3.05, 3.63) is 83.9 Å². The third kappa shape index (κ3) is 3.98. The van der Waals surface area contributed by atoms with Gasteiger partial charge in [-0.25, -0.2) is 0 Å². The quantitative estimate of drug-likeness (QED) is 0.909. The molecule has 4 heteroatoms. The lowest BCUT2D eigenvalue weighted by molar-refractivity contribution is -0.134. The van der Waals surface area contributed by atoms with Crippen LogP contribution in [0.3, 0.4) is 0 Å². The second kappa shape index (κ2) is 7.42. The maximum Gasteiger partial charge on any atom is 0.247 e. The number of hydrogen-bond acceptors (Lipinski definition) is 2. The normalized spacial score (nSPS) is 21.0. The highest BCUT2D eigenvalue weighted by Gasteiger charge is 2.30. The second-order valence-corrected chi connectivity index (χ2v) is 5.51. The van der Waals surface area contributed by atoms with E-state index in [-0.39, 0.29) is 11.8 Å². The summed E-state index contributed by atoms with van der Waals surface area (Å²) in [5, 5.41) is 5.47. The Kier molecular flexibility index (Phi) is 4.87. The standard InChI is InChI=1S/C20H18N2O2/c23-19-17(13-11-15-7-3-1-4-8-15)21-20(24)18(22-19)14-12-16-9-5-2-6-10-16/h1-14,17-18H,(H,21,24)(H,22,23). The van der Waals surface area contributed by atoms with Crippen LogP contribution in [0.15, 0.2) is 72.8 Å². The van der Waals surface area contributed by atoms with E-state index in [2.05, 4.69) is 10.6 Å². The van der Waals surface area contributed by atoms with E-state index in [0.29, 0.717) is 0 Å². The van der Waals surface area contributed by atoms with Gasteiger partial charge in [0, 0.05) is 0 Å². The van der Waals surface area contributed by atoms with Crippen LogP contribution in [-0.2, 0) is 9.59 Å². The minimum atomic E-state index is -0.654. The Morgan fingerprint density at radius 1 is 0.625 bits per heavy atom. The van der Waals surface area contributed by atoms with Gasteiger partial charge in [-0.1, -0.05) is 85.0 Å². The summed E-state index contributed by atoms with van der Waals surface area (Å²) in [4.78, 5) is 24.3. The van der Waals surface area contributed by atoms with E-state index in [4.69, 9.17) is 0 Å². The molecule has 4 nitrogen and oxygen atoms in total. The molecule has 0 aliphatic carbocycles. The molecule has 3 rings (SSSR count). The number of amides is 2. The average molecular weight is 318 g/mol. The molecule has 1 aliphatic rings. The lowest BCUT2D eigenvalue weighted by Crippen LogP contribution is -2.60. The van der Waals surface area contributed by atoms with Crippen LogP contribution in [0.1, 0.15) is 11.1 Å². The molecular formula is C20H18N2O2. The fourth-order valence-corrected chi connectivity index (χ4v) is 2.43. The first kappa shape index (κ1) is 15.7. The summed E-state index contributed by atoms with van der Waals surface area (Å²) in [6.07, 6.45) is 7.04. The molecule has 24 heavy (non-hydrogen) atoms. The van der Waals surface area contributed by atoms with Crippen molar-refractivity contribution in [3.8, 4) is 0 Å². The molecule has 2 aromatic carbocycles. The monoisotopic (exact) mass is 318 g/mol. The third-order valence-electron chi connectivity index (χ3n) is 3.72. The van der Waals surface area contributed by atoms with Gasteiger partial charge in [0.05, 0.1) is 0 Å². The predicted molar refractivity (Wildman–Crippen MR) is 94.8 cm³/mol. The molecule has 0 radical (unpaired) electrons. The van der Waals surface area contributed by atoms with Gasteiger partial charge in [-0.15, -0.1) is 0 Å². The number of nitrogens with one attached hydrogen (secondary N) is 2. The Morgan fingerprint density at radius 2 is 1.00 bits per heavy atom. The van der Waals surface area contributed by atoms with Crippen molar-refractivity contribution < 1.29 is 9.59 Å². The van der Waals surface area contributed by atoms with Crippen molar-refractivity contribution in [2.24, 2.45) is 0 Å². The van der Waals surface area contributed by atoms with Gasteiger partial charge in [0.1, 0.15) is 12.1 Å². The van der Waals surface area contributed by atoms with Crippen LogP contribution in [0.4, 0.5) is 0 Å². The average Bonchev–Trinajstić information content (AvgIpc) is 2.62. The zero-order valence-electron chi connectivity index (χ0n) is 13.1. The van der Waals surface area contributed by atoms with Crippen LogP contribution in [0.25, 0.3) is 12.2 Å². The molecule has 0 spiro atoms. The first-order valence-corrected chi connectivity index (χ1v) is 7.79. The van der Waals surface area contributed by atoms with Crippen LogP contribution in [0.5, 0.6) is 0 Å². The van der Waals surface area contributed by atoms with Crippen LogP contribution in [0.2, 0.25) is 0 Å². The van der Waals surface area contributed by atoms with Gasteiger partial charge in [-0.2, -0.15) is 0 Å². The molecule has 2 aromatic rings. The van der Waals surface area contributed by atoms with E-state index in [1.54, 1.807) is 12.2 Å². The van der Waals surface area contributed by atoms with Gasteiger partial charge in [0.25, 0.3) is 0 Å². The Balaban J connectivity index is 1.64. The predicted octanol–water partition coefficient (Wildman–Crippen LogP) is 2.40.